The molecule has 0 fully saturated rings. The highest BCUT2D eigenvalue weighted by Crippen LogP contribution is 2.09. The van der Waals surface area contributed by atoms with E-state index in [0.29, 0.717) is 12.1 Å². The van der Waals surface area contributed by atoms with E-state index in [4.69, 9.17) is 0 Å². The van der Waals surface area contributed by atoms with Crippen molar-refractivity contribution in [3.05, 3.63) is 71.0 Å². The fraction of sp³-hybridized carbons (Fsp3) is 0.278. The highest BCUT2D eigenvalue weighted by molar-refractivity contribution is 5.78. The summed E-state index contributed by atoms with van der Waals surface area (Å²) in [6, 6.07) is 14.4. The number of rotatable bonds is 6. The molecule has 2 aromatic carbocycles. The van der Waals surface area contributed by atoms with E-state index in [9.17, 15) is 9.18 Å². The van der Waals surface area contributed by atoms with Crippen LogP contribution < -0.4 is 10.2 Å². The van der Waals surface area contributed by atoms with E-state index in [2.05, 4.69) is 25.5 Å². The van der Waals surface area contributed by atoms with Crippen molar-refractivity contribution >= 4 is 5.91 Å². The summed E-state index contributed by atoms with van der Waals surface area (Å²) in [5.74, 6) is -0.508. The van der Waals surface area contributed by atoms with E-state index >= 15 is 0 Å². The van der Waals surface area contributed by atoms with Crippen LogP contribution >= 0.6 is 0 Å². The molecule has 4 heteroatoms. The summed E-state index contributed by atoms with van der Waals surface area (Å²) < 4.78 is 13.5. The summed E-state index contributed by atoms with van der Waals surface area (Å²) in [5.41, 5.74) is 2.74. The van der Waals surface area contributed by atoms with Crippen LogP contribution in [0.15, 0.2) is 48.5 Å². The topological polar surface area (TPSA) is 33.5 Å². The normalized spacial score (nSPS) is 10.7. The van der Waals surface area contributed by atoms with Gasteiger partial charge in [-0.05, 0) is 17.2 Å². The van der Waals surface area contributed by atoms with E-state index in [1.165, 1.54) is 16.5 Å². The van der Waals surface area contributed by atoms with Crippen molar-refractivity contribution in [3.63, 3.8) is 0 Å². The van der Waals surface area contributed by atoms with Crippen molar-refractivity contribution in [1.29, 1.82) is 0 Å². The van der Waals surface area contributed by atoms with Crippen molar-refractivity contribution in [1.82, 2.24) is 5.32 Å². The molecule has 2 aromatic rings. The third-order valence-electron chi connectivity index (χ3n) is 3.45. The highest BCUT2D eigenvalue weighted by Gasteiger charge is 2.09. The minimum absolute atomic E-state index is 0.0633. The second-order valence-electron chi connectivity index (χ2n) is 5.70. The summed E-state index contributed by atoms with van der Waals surface area (Å²) >= 11 is 0. The standard InChI is InChI=1S/C18H21FN2O/c1-21(2)13-16-9-4-3-8-15(16)12-20-18(22)11-14-7-5-6-10-17(14)19/h3-10H,11-13H2,1-2H3,(H,20,22)/p+1. The summed E-state index contributed by atoms with van der Waals surface area (Å²) in [6.45, 7) is 1.37. The first kappa shape index (κ1) is 16.2. The zero-order valence-electron chi connectivity index (χ0n) is 13.0. The molecule has 22 heavy (non-hydrogen) atoms. The molecule has 3 nitrogen and oxygen atoms in total. The Bertz CT molecular complexity index is 640. The fourth-order valence-electron chi connectivity index (χ4n) is 2.35. The quantitative estimate of drug-likeness (QED) is 0.829. The predicted octanol–water partition coefficient (Wildman–Crippen LogP) is 1.33. The van der Waals surface area contributed by atoms with Crippen molar-refractivity contribution in [2.75, 3.05) is 14.1 Å². The summed E-state index contributed by atoms with van der Waals surface area (Å²) in [4.78, 5) is 13.3. The second-order valence-corrected chi connectivity index (χ2v) is 5.70. The van der Waals surface area contributed by atoms with Crippen molar-refractivity contribution in [2.45, 2.75) is 19.5 Å². The van der Waals surface area contributed by atoms with Crippen LogP contribution in [0.5, 0.6) is 0 Å². The lowest BCUT2D eigenvalue weighted by Gasteiger charge is -2.13. The molecule has 0 radical (unpaired) electrons. The number of nitrogens with one attached hydrogen (secondary N) is 2. The Morgan fingerprint density at radius 2 is 1.59 bits per heavy atom. The molecule has 2 N–H and O–H groups in total. The molecule has 1 amide bonds. The molecular formula is C18H22FN2O+. The zero-order valence-corrected chi connectivity index (χ0v) is 13.0. The molecule has 0 aliphatic heterocycles. The van der Waals surface area contributed by atoms with Crippen molar-refractivity contribution in [2.24, 2.45) is 0 Å². The van der Waals surface area contributed by atoms with E-state index < -0.39 is 0 Å². The van der Waals surface area contributed by atoms with Gasteiger partial charge < -0.3 is 10.2 Å². The number of halogens is 1. The van der Waals surface area contributed by atoms with Crippen LogP contribution in [-0.4, -0.2) is 20.0 Å². The molecule has 0 spiro atoms. The second kappa shape index (κ2) is 7.71. The van der Waals surface area contributed by atoms with Gasteiger partial charge in [0.05, 0.1) is 20.5 Å². The molecule has 0 aromatic heterocycles. The molecular weight excluding hydrogens is 279 g/mol. The lowest BCUT2D eigenvalue weighted by Crippen LogP contribution is -3.04. The number of benzene rings is 2. The number of carbonyl (C=O) groups is 1. The van der Waals surface area contributed by atoms with Gasteiger partial charge in [-0.2, -0.15) is 0 Å². The van der Waals surface area contributed by atoms with Crippen molar-refractivity contribution in [3.8, 4) is 0 Å². The smallest absolute Gasteiger partial charge is 0.224 e. The van der Waals surface area contributed by atoms with Gasteiger partial charge in [0.15, 0.2) is 0 Å². The van der Waals surface area contributed by atoms with Crippen LogP contribution in [0.3, 0.4) is 0 Å². The van der Waals surface area contributed by atoms with Crippen LogP contribution in [0, 0.1) is 5.82 Å². The van der Waals surface area contributed by atoms with Gasteiger partial charge in [-0.25, -0.2) is 4.39 Å². The maximum atomic E-state index is 13.5. The third-order valence-corrected chi connectivity index (χ3v) is 3.45. The van der Waals surface area contributed by atoms with Crippen molar-refractivity contribution < 1.29 is 14.1 Å². The molecule has 2 rings (SSSR count). The van der Waals surface area contributed by atoms with E-state index in [1.807, 2.05) is 18.2 Å². The Morgan fingerprint density at radius 3 is 2.23 bits per heavy atom. The molecule has 0 aliphatic rings. The lowest BCUT2D eigenvalue weighted by molar-refractivity contribution is -0.872. The van der Waals surface area contributed by atoms with Gasteiger partial charge in [-0.15, -0.1) is 0 Å². The number of carbonyl (C=O) groups excluding carboxylic acids is 1. The van der Waals surface area contributed by atoms with E-state index in [-0.39, 0.29) is 18.1 Å². The summed E-state index contributed by atoms with van der Waals surface area (Å²) in [7, 11) is 4.18. The molecule has 0 bridgehead atoms. The fourth-order valence-corrected chi connectivity index (χ4v) is 2.35. The van der Waals surface area contributed by atoms with Gasteiger partial charge in [0.2, 0.25) is 5.91 Å². The molecule has 0 atom stereocenters. The maximum Gasteiger partial charge on any atom is 0.224 e. The maximum absolute atomic E-state index is 13.5. The first-order valence-corrected chi connectivity index (χ1v) is 7.42. The van der Waals surface area contributed by atoms with Gasteiger partial charge in [0.25, 0.3) is 0 Å². The van der Waals surface area contributed by atoms with E-state index in [1.54, 1.807) is 18.2 Å². The molecule has 0 saturated heterocycles. The Morgan fingerprint density at radius 1 is 1.00 bits per heavy atom. The van der Waals surface area contributed by atoms with Gasteiger partial charge in [0, 0.05) is 12.1 Å². The number of hydrogen-bond donors (Lipinski definition) is 2. The Balaban J connectivity index is 1.95. The number of quaternary nitrogens is 1. The zero-order chi connectivity index (χ0) is 15.9. The van der Waals surface area contributed by atoms with Gasteiger partial charge in [-0.3, -0.25) is 4.79 Å². The van der Waals surface area contributed by atoms with Crippen LogP contribution in [0.4, 0.5) is 4.39 Å². The predicted molar refractivity (Wildman–Crippen MR) is 84.9 cm³/mol. The minimum Gasteiger partial charge on any atom is -0.352 e. The summed E-state index contributed by atoms with van der Waals surface area (Å²) in [6.07, 6.45) is 0.0633. The lowest BCUT2D eigenvalue weighted by atomic mass is 10.1. The van der Waals surface area contributed by atoms with Gasteiger partial charge in [0.1, 0.15) is 12.4 Å². The van der Waals surface area contributed by atoms with Crippen LogP contribution in [0.25, 0.3) is 0 Å². The third kappa shape index (κ3) is 4.67. The monoisotopic (exact) mass is 301 g/mol. The molecule has 0 unspecified atom stereocenters. The van der Waals surface area contributed by atoms with Gasteiger partial charge in [-0.1, -0.05) is 42.5 Å². The molecule has 0 saturated carbocycles. The molecule has 0 aliphatic carbocycles. The Kier molecular flexibility index (Phi) is 5.67. The average Bonchev–Trinajstić information content (AvgIpc) is 2.48. The van der Waals surface area contributed by atoms with E-state index in [0.717, 1.165) is 12.1 Å². The van der Waals surface area contributed by atoms with Gasteiger partial charge >= 0.3 is 0 Å². The number of amides is 1. The molecule has 116 valence electrons. The van der Waals surface area contributed by atoms with Crippen LogP contribution in [0.2, 0.25) is 0 Å². The number of hydrogen-bond acceptors (Lipinski definition) is 1. The summed E-state index contributed by atoms with van der Waals surface area (Å²) in [5, 5.41) is 2.87. The highest BCUT2D eigenvalue weighted by atomic mass is 19.1. The first-order chi connectivity index (χ1) is 10.6. The first-order valence-electron chi connectivity index (χ1n) is 7.42. The SMILES string of the molecule is C[NH+](C)Cc1ccccc1CNC(=O)Cc1ccccc1F. The van der Waals surface area contributed by atoms with Crippen LogP contribution in [0.1, 0.15) is 16.7 Å². The Hall–Kier alpha value is -2.20. The Labute approximate surface area is 130 Å². The minimum atomic E-state index is -0.339. The average molecular weight is 301 g/mol. The van der Waals surface area contributed by atoms with Crippen LogP contribution in [-0.2, 0) is 24.3 Å². The largest absolute Gasteiger partial charge is 0.352 e. The molecule has 0 heterocycles.